The second-order valence-electron chi connectivity index (χ2n) is 11.2. The van der Waals surface area contributed by atoms with E-state index in [1.807, 2.05) is 72.0 Å². The summed E-state index contributed by atoms with van der Waals surface area (Å²) in [5.41, 5.74) is 5.25. The van der Waals surface area contributed by atoms with Crippen LogP contribution in [-0.2, 0) is 0 Å². The number of thiophene rings is 1. The Kier molecular flexibility index (Phi) is 6.00. The van der Waals surface area contributed by atoms with Gasteiger partial charge in [0.05, 0.1) is 0 Å². The molecule has 4 heteroatoms. The lowest BCUT2D eigenvalue weighted by Crippen LogP contribution is -2.00. The minimum Gasteiger partial charge on any atom is -0.208 e. The zero-order valence-electron chi connectivity index (χ0n) is 24.2. The van der Waals surface area contributed by atoms with Gasteiger partial charge in [0.25, 0.3) is 0 Å². The quantitative estimate of drug-likeness (QED) is 0.191. The molecule has 0 bridgehead atoms. The van der Waals surface area contributed by atoms with Crippen molar-refractivity contribution in [1.29, 1.82) is 0 Å². The molecule has 0 unspecified atom stereocenters. The maximum absolute atomic E-state index is 4.91. The maximum Gasteiger partial charge on any atom is 0.164 e. The summed E-state index contributed by atoms with van der Waals surface area (Å²) >= 11 is 1.87. The molecule has 0 atom stereocenters. The molecule has 0 aliphatic rings. The van der Waals surface area contributed by atoms with Crippen molar-refractivity contribution in [1.82, 2.24) is 15.0 Å². The Balaban J connectivity index is 1.14. The van der Waals surface area contributed by atoms with E-state index in [0.29, 0.717) is 17.5 Å². The first-order chi connectivity index (χ1) is 22.3. The van der Waals surface area contributed by atoms with E-state index in [1.165, 1.54) is 47.3 Å². The van der Waals surface area contributed by atoms with Gasteiger partial charge in [-0.05, 0) is 50.9 Å². The molecule has 0 spiro atoms. The summed E-state index contributed by atoms with van der Waals surface area (Å²) in [5.74, 6) is 1.99. The van der Waals surface area contributed by atoms with Crippen molar-refractivity contribution in [3.8, 4) is 45.3 Å². The molecule has 0 radical (unpaired) electrons. The minimum atomic E-state index is 0.658. The van der Waals surface area contributed by atoms with E-state index in [2.05, 4.69) is 91.0 Å². The van der Waals surface area contributed by atoms with Gasteiger partial charge < -0.3 is 0 Å². The number of nitrogens with zero attached hydrogens (tertiary/aromatic N) is 3. The molecule has 0 fully saturated rings. The Morgan fingerprint density at radius 2 is 0.911 bits per heavy atom. The Morgan fingerprint density at radius 1 is 0.333 bits per heavy atom. The molecule has 0 amide bonds. The number of rotatable bonds is 4. The first kappa shape index (κ1) is 25.8. The van der Waals surface area contributed by atoms with Gasteiger partial charge in [0.2, 0.25) is 0 Å². The molecule has 45 heavy (non-hydrogen) atoms. The lowest BCUT2D eigenvalue weighted by Gasteiger charge is -2.11. The number of benzene rings is 7. The molecule has 0 saturated carbocycles. The number of hydrogen-bond acceptors (Lipinski definition) is 4. The highest BCUT2D eigenvalue weighted by molar-refractivity contribution is 7.25. The maximum atomic E-state index is 4.91. The van der Waals surface area contributed by atoms with Crippen molar-refractivity contribution in [3.05, 3.63) is 152 Å². The van der Waals surface area contributed by atoms with E-state index < -0.39 is 0 Å². The summed E-state index contributed by atoms with van der Waals surface area (Å²) in [6, 6.07) is 53.4. The van der Waals surface area contributed by atoms with Crippen molar-refractivity contribution in [2.24, 2.45) is 0 Å². The molecule has 9 aromatic rings. The lowest BCUT2D eigenvalue weighted by atomic mass is 9.93. The highest BCUT2D eigenvalue weighted by Crippen LogP contribution is 2.40. The number of fused-ring (bicyclic) bond motifs is 6. The van der Waals surface area contributed by atoms with Gasteiger partial charge in [-0.25, -0.2) is 15.0 Å². The second-order valence-corrected chi connectivity index (χ2v) is 12.3. The summed E-state index contributed by atoms with van der Waals surface area (Å²) in [5, 5.41) is 7.74. The van der Waals surface area contributed by atoms with Gasteiger partial charge in [0.1, 0.15) is 0 Å². The normalized spacial score (nSPS) is 11.6. The molecule has 9 rings (SSSR count). The van der Waals surface area contributed by atoms with E-state index in [1.54, 1.807) is 0 Å². The molecule has 7 aromatic carbocycles. The second kappa shape index (κ2) is 10.5. The van der Waals surface area contributed by atoms with Gasteiger partial charge >= 0.3 is 0 Å². The Labute approximate surface area is 264 Å². The molecular weight excluding hydrogens is 567 g/mol. The van der Waals surface area contributed by atoms with E-state index in [4.69, 9.17) is 15.0 Å². The molecule has 0 N–H and O–H groups in total. The fraction of sp³-hybridized carbons (Fsp3) is 0. The molecule has 0 aliphatic carbocycles. The van der Waals surface area contributed by atoms with Crippen molar-refractivity contribution in [2.45, 2.75) is 0 Å². The minimum absolute atomic E-state index is 0.658. The number of aromatic nitrogens is 3. The van der Waals surface area contributed by atoms with Crippen LogP contribution in [0.5, 0.6) is 0 Å². The smallest absolute Gasteiger partial charge is 0.164 e. The van der Waals surface area contributed by atoms with Crippen LogP contribution in [0, 0.1) is 0 Å². The zero-order valence-corrected chi connectivity index (χ0v) is 25.0. The Bertz CT molecular complexity index is 2460. The highest BCUT2D eigenvalue weighted by Gasteiger charge is 2.14. The first-order valence-electron chi connectivity index (χ1n) is 15.0. The largest absolute Gasteiger partial charge is 0.208 e. The molecule has 2 aromatic heterocycles. The average Bonchev–Trinajstić information content (AvgIpc) is 3.48. The van der Waals surface area contributed by atoms with Gasteiger partial charge in [-0.1, -0.05) is 133 Å². The first-order valence-corrected chi connectivity index (χ1v) is 15.8. The van der Waals surface area contributed by atoms with Gasteiger partial charge in [0.15, 0.2) is 17.5 Å². The van der Waals surface area contributed by atoms with Crippen LogP contribution in [0.15, 0.2) is 152 Å². The summed E-state index contributed by atoms with van der Waals surface area (Å²) in [7, 11) is 0. The monoisotopic (exact) mass is 591 g/mol. The predicted molar refractivity (Wildman–Crippen MR) is 189 cm³/mol. The molecule has 0 saturated heterocycles. The van der Waals surface area contributed by atoms with E-state index in [-0.39, 0.29) is 0 Å². The zero-order chi connectivity index (χ0) is 29.7. The van der Waals surface area contributed by atoms with E-state index in [0.717, 1.165) is 22.3 Å². The standard InChI is InChI=1S/C41H25N3S/c1-3-10-27(11-4-1)39-42-40(28-12-5-2-6-13-28)44-41(43-39)29-20-18-26(19-21-29)31-15-9-16-32-33(31)23-22-30-24-36-34-14-7-8-17-37(34)45-38(36)25-35(30)32/h1-25H. The van der Waals surface area contributed by atoms with E-state index in [9.17, 15) is 0 Å². The van der Waals surface area contributed by atoms with Gasteiger partial charge in [-0.2, -0.15) is 0 Å². The van der Waals surface area contributed by atoms with Crippen LogP contribution in [0.1, 0.15) is 0 Å². The fourth-order valence-corrected chi connectivity index (χ4v) is 7.43. The summed E-state index contributed by atoms with van der Waals surface area (Å²) in [4.78, 5) is 14.6. The van der Waals surface area contributed by atoms with Crippen molar-refractivity contribution in [3.63, 3.8) is 0 Å². The summed E-state index contributed by atoms with van der Waals surface area (Å²) in [6.07, 6.45) is 0. The molecule has 0 aliphatic heterocycles. The van der Waals surface area contributed by atoms with Crippen LogP contribution in [0.2, 0.25) is 0 Å². The van der Waals surface area contributed by atoms with Crippen LogP contribution >= 0.6 is 11.3 Å². The van der Waals surface area contributed by atoms with Crippen molar-refractivity contribution >= 4 is 53.1 Å². The molecule has 210 valence electrons. The van der Waals surface area contributed by atoms with E-state index >= 15 is 0 Å². The van der Waals surface area contributed by atoms with Crippen LogP contribution in [0.4, 0.5) is 0 Å². The average molecular weight is 592 g/mol. The van der Waals surface area contributed by atoms with Gasteiger partial charge in [0, 0.05) is 36.9 Å². The predicted octanol–water partition coefficient (Wildman–Crippen LogP) is 11.2. The number of hydrogen-bond donors (Lipinski definition) is 0. The van der Waals surface area contributed by atoms with Crippen molar-refractivity contribution < 1.29 is 0 Å². The molecular formula is C41H25N3S. The lowest BCUT2D eigenvalue weighted by molar-refractivity contribution is 1.07. The SMILES string of the molecule is c1ccc(-c2nc(-c3ccccc3)nc(-c3ccc(-c4cccc5c4ccc4cc6c(cc45)sc4ccccc46)cc3)n2)cc1. The third-order valence-electron chi connectivity index (χ3n) is 8.53. The van der Waals surface area contributed by atoms with Gasteiger partial charge in [-0.15, -0.1) is 11.3 Å². The Morgan fingerprint density at radius 3 is 1.60 bits per heavy atom. The van der Waals surface area contributed by atoms with Crippen molar-refractivity contribution in [2.75, 3.05) is 0 Å². The fourth-order valence-electron chi connectivity index (χ4n) is 6.30. The molecule has 3 nitrogen and oxygen atoms in total. The third-order valence-corrected chi connectivity index (χ3v) is 9.66. The van der Waals surface area contributed by atoms with Crippen LogP contribution < -0.4 is 0 Å². The third kappa shape index (κ3) is 4.46. The molecule has 2 heterocycles. The Hall–Kier alpha value is -5.71. The van der Waals surface area contributed by atoms with Gasteiger partial charge in [-0.3, -0.25) is 0 Å². The van der Waals surface area contributed by atoms with Crippen LogP contribution in [0.3, 0.4) is 0 Å². The topological polar surface area (TPSA) is 38.7 Å². The highest BCUT2D eigenvalue weighted by atomic mass is 32.1. The van der Waals surface area contributed by atoms with Crippen LogP contribution in [-0.4, -0.2) is 15.0 Å². The summed E-state index contributed by atoms with van der Waals surface area (Å²) < 4.78 is 2.66. The van der Waals surface area contributed by atoms with Crippen LogP contribution in [0.25, 0.3) is 87.0 Å². The summed E-state index contributed by atoms with van der Waals surface area (Å²) in [6.45, 7) is 0.